The maximum atomic E-state index is 13.7. The number of amides is 2. The molecule has 1 N–H and O–H groups in total. The van der Waals surface area contributed by atoms with Gasteiger partial charge >= 0.3 is 0 Å². The van der Waals surface area contributed by atoms with E-state index in [1.165, 1.54) is 0 Å². The van der Waals surface area contributed by atoms with E-state index >= 15 is 0 Å². The Bertz CT molecular complexity index is 1100. The molecule has 34 heavy (non-hydrogen) atoms. The lowest BCUT2D eigenvalue weighted by Crippen LogP contribution is -2.51. The second-order valence-electron chi connectivity index (χ2n) is 8.03. The van der Waals surface area contributed by atoms with E-state index in [9.17, 15) is 9.59 Å². The summed E-state index contributed by atoms with van der Waals surface area (Å²) in [7, 11) is 0. The van der Waals surface area contributed by atoms with Crippen molar-refractivity contribution in [2.75, 3.05) is 6.54 Å². The molecular formula is C27H27Cl3N2O2. The fraction of sp³-hybridized carbons (Fsp3) is 0.259. The highest BCUT2D eigenvalue weighted by Crippen LogP contribution is 2.27. The molecule has 3 aromatic carbocycles. The van der Waals surface area contributed by atoms with Gasteiger partial charge in [-0.15, -0.1) is 0 Å². The smallest absolute Gasteiger partial charge is 0.243 e. The van der Waals surface area contributed by atoms with Crippen LogP contribution in [0.1, 0.15) is 30.0 Å². The zero-order chi connectivity index (χ0) is 24.5. The number of hydrogen-bond donors (Lipinski definition) is 1. The van der Waals surface area contributed by atoms with E-state index in [0.29, 0.717) is 33.6 Å². The SMILES string of the molecule is CCCNC(=O)[C@@H](Cc1ccccc1)N(Cc1c(Cl)cccc1Cl)C(=O)Cc1cccc(Cl)c1. The molecule has 3 rings (SSSR count). The quantitative estimate of drug-likeness (QED) is 0.340. The van der Waals surface area contributed by atoms with Crippen molar-refractivity contribution in [2.45, 2.75) is 38.8 Å². The lowest BCUT2D eigenvalue weighted by molar-refractivity contribution is -0.140. The minimum absolute atomic E-state index is 0.0922. The first-order chi connectivity index (χ1) is 16.4. The molecule has 0 heterocycles. The van der Waals surface area contributed by atoms with Crippen molar-refractivity contribution in [3.63, 3.8) is 0 Å². The third kappa shape index (κ3) is 7.23. The number of nitrogens with one attached hydrogen (secondary N) is 1. The van der Waals surface area contributed by atoms with E-state index in [4.69, 9.17) is 34.8 Å². The van der Waals surface area contributed by atoms with Gasteiger partial charge in [0.1, 0.15) is 6.04 Å². The Hall–Kier alpha value is -2.53. The number of nitrogens with zero attached hydrogens (tertiary/aromatic N) is 1. The third-order valence-electron chi connectivity index (χ3n) is 5.45. The molecule has 178 valence electrons. The van der Waals surface area contributed by atoms with Gasteiger partial charge in [0.2, 0.25) is 11.8 Å². The van der Waals surface area contributed by atoms with Gasteiger partial charge in [-0.3, -0.25) is 9.59 Å². The Morgan fingerprint density at radius 3 is 2.18 bits per heavy atom. The van der Waals surface area contributed by atoms with Gasteiger partial charge in [-0.25, -0.2) is 0 Å². The molecule has 3 aromatic rings. The molecule has 0 aliphatic heterocycles. The number of carbonyl (C=O) groups is 2. The first-order valence-electron chi connectivity index (χ1n) is 11.2. The molecule has 0 saturated heterocycles. The van der Waals surface area contributed by atoms with Crippen LogP contribution in [0.3, 0.4) is 0 Å². The predicted octanol–water partition coefficient (Wildman–Crippen LogP) is 6.36. The third-order valence-corrected chi connectivity index (χ3v) is 6.40. The van der Waals surface area contributed by atoms with Gasteiger partial charge in [-0.2, -0.15) is 0 Å². The minimum atomic E-state index is -0.743. The van der Waals surface area contributed by atoms with Crippen molar-refractivity contribution in [1.29, 1.82) is 0 Å². The van der Waals surface area contributed by atoms with Crippen LogP contribution in [-0.2, 0) is 29.0 Å². The predicted molar refractivity (Wildman–Crippen MR) is 139 cm³/mol. The lowest BCUT2D eigenvalue weighted by Gasteiger charge is -2.32. The molecule has 0 unspecified atom stereocenters. The highest BCUT2D eigenvalue weighted by Gasteiger charge is 2.31. The summed E-state index contributed by atoms with van der Waals surface area (Å²) >= 11 is 19.0. The molecule has 0 fully saturated rings. The van der Waals surface area contributed by atoms with Gasteiger partial charge in [-0.05, 0) is 41.8 Å². The van der Waals surface area contributed by atoms with Crippen LogP contribution < -0.4 is 5.32 Å². The summed E-state index contributed by atoms with van der Waals surface area (Å²) in [4.78, 5) is 28.6. The molecule has 0 aromatic heterocycles. The number of carbonyl (C=O) groups excluding carboxylic acids is 2. The molecule has 1 atom stereocenters. The fourth-order valence-corrected chi connectivity index (χ4v) is 4.43. The van der Waals surface area contributed by atoms with Crippen molar-refractivity contribution in [1.82, 2.24) is 10.2 Å². The lowest BCUT2D eigenvalue weighted by atomic mass is 10.0. The van der Waals surface area contributed by atoms with Gasteiger partial charge in [0.25, 0.3) is 0 Å². The normalized spacial score (nSPS) is 11.6. The van der Waals surface area contributed by atoms with E-state index in [1.54, 1.807) is 41.3 Å². The van der Waals surface area contributed by atoms with E-state index in [1.807, 2.05) is 43.3 Å². The molecular weight excluding hydrogens is 491 g/mol. The second kappa shape index (κ2) is 12.8. The Balaban J connectivity index is 2.00. The van der Waals surface area contributed by atoms with Gasteiger partial charge in [0.05, 0.1) is 6.42 Å². The van der Waals surface area contributed by atoms with Gasteiger partial charge in [0, 0.05) is 40.1 Å². The van der Waals surface area contributed by atoms with Crippen LogP contribution in [0.5, 0.6) is 0 Å². The van der Waals surface area contributed by atoms with Gasteiger partial charge in [0.15, 0.2) is 0 Å². The van der Waals surface area contributed by atoms with E-state index < -0.39 is 6.04 Å². The summed E-state index contributed by atoms with van der Waals surface area (Å²) in [5.41, 5.74) is 2.32. The molecule has 0 aliphatic rings. The number of hydrogen-bond acceptors (Lipinski definition) is 2. The summed E-state index contributed by atoms with van der Waals surface area (Å²) in [6.45, 7) is 2.61. The summed E-state index contributed by atoms with van der Waals surface area (Å²) in [5, 5.41) is 4.39. The van der Waals surface area contributed by atoms with Crippen LogP contribution >= 0.6 is 34.8 Å². The van der Waals surface area contributed by atoms with E-state index in [0.717, 1.165) is 17.5 Å². The monoisotopic (exact) mass is 516 g/mol. The summed E-state index contributed by atoms with van der Waals surface area (Å²) in [5.74, 6) is -0.431. The van der Waals surface area contributed by atoms with E-state index in [2.05, 4.69) is 5.32 Å². The van der Waals surface area contributed by atoms with Crippen LogP contribution in [0.2, 0.25) is 15.1 Å². The molecule has 2 amide bonds. The highest BCUT2D eigenvalue weighted by atomic mass is 35.5. The zero-order valence-electron chi connectivity index (χ0n) is 18.9. The first kappa shape index (κ1) is 26.1. The van der Waals surface area contributed by atoms with Crippen molar-refractivity contribution < 1.29 is 9.59 Å². The number of benzene rings is 3. The Morgan fingerprint density at radius 1 is 0.882 bits per heavy atom. The second-order valence-corrected chi connectivity index (χ2v) is 9.28. The topological polar surface area (TPSA) is 49.4 Å². The molecule has 0 bridgehead atoms. The van der Waals surface area contributed by atoms with Crippen molar-refractivity contribution in [2.24, 2.45) is 0 Å². The Labute approximate surface area is 215 Å². The summed E-state index contributed by atoms with van der Waals surface area (Å²) in [6.07, 6.45) is 1.24. The Kier molecular flexibility index (Phi) is 9.82. The van der Waals surface area contributed by atoms with Crippen molar-refractivity contribution in [3.8, 4) is 0 Å². The molecule has 0 saturated carbocycles. The minimum Gasteiger partial charge on any atom is -0.354 e. The highest BCUT2D eigenvalue weighted by molar-refractivity contribution is 6.36. The number of rotatable bonds is 10. The largest absolute Gasteiger partial charge is 0.354 e. The summed E-state index contributed by atoms with van der Waals surface area (Å²) < 4.78 is 0. The fourth-order valence-electron chi connectivity index (χ4n) is 3.70. The van der Waals surface area contributed by atoms with Gasteiger partial charge < -0.3 is 10.2 Å². The van der Waals surface area contributed by atoms with Crippen LogP contribution in [-0.4, -0.2) is 29.3 Å². The maximum Gasteiger partial charge on any atom is 0.243 e. The first-order valence-corrected chi connectivity index (χ1v) is 12.3. The molecule has 0 radical (unpaired) electrons. The van der Waals surface area contributed by atoms with Crippen LogP contribution in [0.25, 0.3) is 0 Å². The van der Waals surface area contributed by atoms with Crippen LogP contribution in [0.15, 0.2) is 72.8 Å². The maximum absolute atomic E-state index is 13.7. The zero-order valence-corrected chi connectivity index (χ0v) is 21.2. The van der Waals surface area contributed by atoms with E-state index in [-0.39, 0.29) is 24.8 Å². The van der Waals surface area contributed by atoms with Gasteiger partial charge in [-0.1, -0.05) is 90.3 Å². The van der Waals surface area contributed by atoms with Crippen molar-refractivity contribution in [3.05, 3.63) is 105 Å². The Morgan fingerprint density at radius 2 is 1.53 bits per heavy atom. The number of halogens is 3. The molecule has 4 nitrogen and oxygen atoms in total. The molecule has 0 aliphatic carbocycles. The average Bonchev–Trinajstić information content (AvgIpc) is 2.82. The van der Waals surface area contributed by atoms with Crippen LogP contribution in [0.4, 0.5) is 0 Å². The standard InChI is InChI=1S/C27H27Cl3N2O2/c1-2-14-31-27(34)25(16-19-8-4-3-5-9-19)32(18-22-23(29)12-7-13-24(22)30)26(33)17-20-10-6-11-21(28)15-20/h3-13,15,25H,2,14,16-18H2,1H3,(H,31,34)/t25-/m1/s1. The van der Waals surface area contributed by atoms with Crippen molar-refractivity contribution >= 4 is 46.6 Å². The van der Waals surface area contributed by atoms with Crippen LogP contribution in [0, 0.1) is 0 Å². The molecule has 7 heteroatoms. The summed E-state index contributed by atoms with van der Waals surface area (Å²) in [6, 6.07) is 21.3. The molecule has 0 spiro atoms. The average molecular weight is 518 g/mol.